The Balaban J connectivity index is 1.51. The van der Waals surface area contributed by atoms with Crippen molar-refractivity contribution in [1.29, 1.82) is 0 Å². The summed E-state index contributed by atoms with van der Waals surface area (Å²) in [5.74, 6) is -1.04. The maximum Gasteiger partial charge on any atom is 0.269 e. The van der Waals surface area contributed by atoms with Gasteiger partial charge in [-0.1, -0.05) is 71.5 Å². The predicted octanol–water partition coefficient (Wildman–Crippen LogP) is 3.36. The normalized spacial score (nSPS) is 14.9. The Morgan fingerprint density at radius 2 is 1.60 bits per heavy atom. The zero-order chi connectivity index (χ0) is 21.7. The van der Waals surface area contributed by atoms with Crippen molar-refractivity contribution in [2.24, 2.45) is 0 Å². The number of nitrogens with one attached hydrogen (secondary N) is 2. The smallest absolute Gasteiger partial charge is 0.269 e. The van der Waals surface area contributed by atoms with Gasteiger partial charge in [-0.25, -0.2) is 0 Å². The molecule has 6 nitrogen and oxygen atoms in total. The van der Waals surface area contributed by atoms with Crippen molar-refractivity contribution in [1.82, 2.24) is 15.8 Å². The van der Waals surface area contributed by atoms with E-state index in [0.717, 1.165) is 16.7 Å². The molecule has 1 saturated heterocycles. The van der Waals surface area contributed by atoms with E-state index in [1.165, 1.54) is 16.7 Å². The zero-order valence-electron chi connectivity index (χ0n) is 16.6. The van der Waals surface area contributed by atoms with Crippen molar-refractivity contribution in [2.75, 3.05) is 6.54 Å². The molecule has 0 radical (unpaired) electrons. The molecule has 0 bridgehead atoms. The van der Waals surface area contributed by atoms with Gasteiger partial charge in [0.1, 0.15) is 4.32 Å². The molecule has 0 atom stereocenters. The number of hydrogen-bond donors (Lipinski definition) is 2. The average Bonchev–Trinajstić information content (AvgIpc) is 2.99. The topological polar surface area (TPSA) is 78.5 Å². The van der Waals surface area contributed by atoms with Gasteiger partial charge in [0, 0.05) is 18.5 Å². The van der Waals surface area contributed by atoms with Crippen LogP contribution in [0.1, 0.15) is 33.5 Å². The molecular weight excluding hydrogens is 418 g/mol. The summed E-state index contributed by atoms with van der Waals surface area (Å²) >= 11 is 6.51. The molecule has 1 aliphatic rings. The third-order valence-electron chi connectivity index (χ3n) is 4.44. The summed E-state index contributed by atoms with van der Waals surface area (Å²) in [6, 6.07) is 14.8. The van der Waals surface area contributed by atoms with Crippen LogP contribution in [0.5, 0.6) is 0 Å². The van der Waals surface area contributed by atoms with Crippen LogP contribution in [0.15, 0.2) is 53.4 Å². The van der Waals surface area contributed by atoms with Gasteiger partial charge < -0.3 is 0 Å². The molecule has 30 heavy (non-hydrogen) atoms. The number of hydrazine groups is 1. The lowest BCUT2D eigenvalue weighted by atomic mass is 10.1. The van der Waals surface area contributed by atoms with E-state index in [-0.39, 0.29) is 18.9 Å². The molecule has 0 unspecified atom stereocenters. The molecule has 2 N–H and O–H groups in total. The second kappa shape index (κ2) is 9.69. The number of thiocarbonyl (C=S) groups is 1. The van der Waals surface area contributed by atoms with Crippen LogP contribution in [-0.4, -0.2) is 33.5 Å². The summed E-state index contributed by atoms with van der Waals surface area (Å²) in [6.07, 6.45) is 1.80. The number of benzene rings is 2. The van der Waals surface area contributed by atoms with E-state index in [9.17, 15) is 14.4 Å². The van der Waals surface area contributed by atoms with E-state index >= 15 is 0 Å². The van der Waals surface area contributed by atoms with Crippen LogP contribution in [0.2, 0.25) is 0 Å². The summed E-state index contributed by atoms with van der Waals surface area (Å²) in [5.41, 5.74) is 8.27. The maximum absolute atomic E-state index is 12.6. The summed E-state index contributed by atoms with van der Waals surface area (Å²) in [6.45, 7) is 4.06. The number of hydrogen-bond acceptors (Lipinski definition) is 5. The van der Waals surface area contributed by atoms with Crippen molar-refractivity contribution in [2.45, 2.75) is 20.3 Å². The first-order valence-corrected chi connectivity index (χ1v) is 10.5. The molecule has 8 heteroatoms. The van der Waals surface area contributed by atoms with Gasteiger partial charge in [0.25, 0.3) is 11.8 Å². The Hall–Kier alpha value is -2.97. The number of carbonyl (C=O) groups is 3. The number of carbonyl (C=O) groups excluding carboxylic acids is 3. The van der Waals surface area contributed by atoms with E-state index in [4.69, 9.17) is 12.2 Å². The average molecular weight is 440 g/mol. The fraction of sp³-hybridized carbons (Fsp3) is 0.182. The number of amides is 3. The quantitative estimate of drug-likeness (QED) is 0.424. The first-order valence-electron chi connectivity index (χ1n) is 9.31. The molecule has 1 aliphatic heterocycles. The second-order valence-corrected chi connectivity index (χ2v) is 8.54. The van der Waals surface area contributed by atoms with Gasteiger partial charge in [-0.05, 0) is 37.6 Å². The molecule has 154 valence electrons. The summed E-state index contributed by atoms with van der Waals surface area (Å²) in [4.78, 5) is 38.7. The van der Waals surface area contributed by atoms with E-state index in [0.29, 0.717) is 14.8 Å². The summed E-state index contributed by atoms with van der Waals surface area (Å²) < 4.78 is 0.412. The lowest BCUT2D eigenvalue weighted by molar-refractivity contribution is -0.124. The van der Waals surface area contributed by atoms with E-state index in [1.54, 1.807) is 18.2 Å². The SMILES string of the molecule is Cc1ccc(/C=C2\SC(=S)N(CCC(=O)NNC(=O)c3ccc(C)cc3)C2=O)cc1. The van der Waals surface area contributed by atoms with Crippen LogP contribution in [-0.2, 0) is 9.59 Å². The Morgan fingerprint density at radius 1 is 1.00 bits per heavy atom. The monoisotopic (exact) mass is 439 g/mol. The zero-order valence-corrected chi connectivity index (χ0v) is 18.2. The highest BCUT2D eigenvalue weighted by Crippen LogP contribution is 2.32. The van der Waals surface area contributed by atoms with E-state index in [1.807, 2.05) is 50.2 Å². The molecule has 1 fully saturated rings. The van der Waals surface area contributed by atoms with Crippen LogP contribution in [0.25, 0.3) is 6.08 Å². The molecule has 0 saturated carbocycles. The molecule has 1 heterocycles. The molecule has 0 spiro atoms. The highest BCUT2D eigenvalue weighted by atomic mass is 32.2. The highest BCUT2D eigenvalue weighted by Gasteiger charge is 2.32. The summed E-state index contributed by atoms with van der Waals surface area (Å²) in [7, 11) is 0. The van der Waals surface area contributed by atoms with Crippen molar-refractivity contribution < 1.29 is 14.4 Å². The molecule has 3 amide bonds. The van der Waals surface area contributed by atoms with Crippen molar-refractivity contribution >= 4 is 52.1 Å². The first-order chi connectivity index (χ1) is 14.3. The Kier molecular flexibility index (Phi) is 7.02. The van der Waals surface area contributed by atoms with Crippen LogP contribution >= 0.6 is 24.0 Å². The number of rotatable bonds is 5. The molecule has 0 aliphatic carbocycles. The lowest BCUT2D eigenvalue weighted by Crippen LogP contribution is -2.43. The summed E-state index contributed by atoms with van der Waals surface area (Å²) in [5, 5.41) is 0. The van der Waals surface area contributed by atoms with Crippen molar-refractivity contribution in [3.05, 3.63) is 75.7 Å². The second-order valence-electron chi connectivity index (χ2n) is 6.86. The lowest BCUT2D eigenvalue weighted by Gasteiger charge is -2.14. The van der Waals surface area contributed by atoms with E-state index in [2.05, 4.69) is 10.9 Å². The minimum atomic E-state index is -0.410. The van der Waals surface area contributed by atoms with Gasteiger partial charge in [0.2, 0.25) is 5.91 Å². The maximum atomic E-state index is 12.6. The number of nitrogens with zero attached hydrogens (tertiary/aromatic N) is 1. The van der Waals surface area contributed by atoms with Gasteiger partial charge >= 0.3 is 0 Å². The number of thioether (sulfide) groups is 1. The van der Waals surface area contributed by atoms with Gasteiger partial charge in [-0.3, -0.25) is 30.1 Å². The molecule has 2 aromatic carbocycles. The fourth-order valence-electron chi connectivity index (χ4n) is 2.69. The first kappa shape index (κ1) is 21.7. The third-order valence-corrected chi connectivity index (χ3v) is 5.82. The Labute approximate surface area is 184 Å². The number of aryl methyl sites for hydroxylation is 2. The van der Waals surface area contributed by atoms with Crippen LogP contribution in [0.3, 0.4) is 0 Å². The van der Waals surface area contributed by atoms with Gasteiger partial charge in [-0.2, -0.15) is 0 Å². The largest absolute Gasteiger partial charge is 0.292 e. The van der Waals surface area contributed by atoms with Crippen LogP contribution < -0.4 is 10.9 Å². The van der Waals surface area contributed by atoms with Gasteiger partial charge in [-0.15, -0.1) is 0 Å². The molecule has 2 aromatic rings. The Bertz CT molecular complexity index is 1010. The minimum absolute atomic E-state index is 0.0123. The van der Waals surface area contributed by atoms with Crippen molar-refractivity contribution in [3.8, 4) is 0 Å². The third kappa shape index (κ3) is 5.55. The van der Waals surface area contributed by atoms with Gasteiger partial charge in [0.05, 0.1) is 4.91 Å². The molecule has 0 aromatic heterocycles. The highest BCUT2D eigenvalue weighted by molar-refractivity contribution is 8.26. The van der Waals surface area contributed by atoms with Crippen LogP contribution in [0, 0.1) is 13.8 Å². The van der Waals surface area contributed by atoms with Gasteiger partial charge in [0.15, 0.2) is 0 Å². The molecule has 3 rings (SSSR count). The van der Waals surface area contributed by atoms with Crippen LogP contribution in [0.4, 0.5) is 0 Å². The standard InChI is InChI=1S/C22H21N3O3S2/c1-14-3-7-16(8-4-14)13-18-21(28)25(22(29)30-18)12-11-19(26)23-24-20(27)17-9-5-15(2)6-10-17/h3-10,13H,11-12H2,1-2H3,(H,23,26)(H,24,27)/b18-13-. The predicted molar refractivity (Wildman–Crippen MR) is 122 cm³/mol. The minimum Gasteiger partial charge on any atom is -0.292 e. The fourth-order valence-corrected chi connectivity index (χ4v) is 3.99. The van der Waals surface area contributed by atoms with E-state index < -0.39 is 11.8 Å². The Morgan fingerprint density at radius 3 is 2.23 bits per heavy atom. The van der Waals surface area contributed by atoms with Crippen molar-refractivity contribution in [3.63, 3.8) is 0 Å². The molecular formula is C22H21N3O3S2.